The van der Waals surface area contributed by atoms with Gasteiger partial charge in [0, 0.05) is 12.3 Å². The predicted molar refractivity (Wildman–Crippen MR) is 94.2 cm³/mol. The molecule has 0 spiro atoms. The maximum absolute atomic E-state index is 12.8. The van der Waals surface area contributed by atoms with E-state index in [4.69, 9.17) is 9.47 Å². The van der Waals surface area contributed by atoms with Gasteiger partial charge in [-0.25, -0.2) is 0 Å². The number of aliphatic hydroxyl groups is 4. The summed E-state index contributed by atoms with van der Waals surface area (Å²) < 4.78 is 11.0. The third-order valence-electron chi connectivity index (χ3n) is 5.83. The van der Waals surface area contributed by atoms with Crippen LogP contribution in [0.4, 0.5) is 0 Å². The second kappa shape index (κ2) is 8.04. The number of aliphatic hydroxyl groups excluding tert-OH is 3. The van der Waals surface area contributed by atoms with Gasteiger partial charge in [0.2, 0.25) is 0 Å². The van der Waals surface area contributed by atoms with E-state index < -0.39 is 47.8 Å². The minimum absolute atomic E-state index is 0.0669. The first-order valence-electron chi connectivity index (χ1n) is 9.31. The molecule has 0 aromatic heterocycles. The first kappa shape index (κ1) is 21.5. The van der Waals surface area contributed by atoms with Crippen molar-refractivity contribution in [3.05, 3.63) is 12.2 Å². The molecular formula is C19H32O7. The summed E-state index contributed by atoms with van der Waals surface area (Å²) in [5, 5.41) is 40.9. The second-order valence-corrected chi connectivity index (χ2v) is 7.73. The van der Waals surface area contributed by atoms with E-state index in [1.807, 2.05) is 26.0 Å². The van der Waals surface area contributed by atoms with Crippen LogP contribution >= 0.6 is 0 Å². The molecule has 0 aromatic rings. The highest BCUT2D eigenvalue weighted by Gasteiger charge is 2.62. The van der Waals surface area contributed by atoms with E-state index >= 15 is 0 Å². The summed E-state index contributed by atoms with van der Waals surface area (Å²) in [5.74, 6) is -3.83. The van der Waals surface area contributed by atoms with Crippen LogP contribution in [0.5, 0.6) is 0 Å². The number of epoxide rings is 1. The average Bonchev–Trinajstić information content (AvgIpc) is 3.29. The van der Waals surface area contributed by atoms with Crippen LogP contribution < -0.4 is 0 Å². The minimum Gasteiger partial charge on any atom is -0.396 e. The summed E-state index contributed by atoms with van der Waals surface area (Å²) in [6.07, 6.45) is 1.55. The molecular weight excluding hydrogens is 340 g/mol. The Labute approximate surface area is 154 Å². The summed E-state index contributed by atoms with van der Waals surface area (Å²) in [6, 6.07) is 0. The smallest absolute Gasteiger partial charge is 0.167 e. The molecule has 0 saturated carbocycles. The number of carbonyl (C=O) groups excluding carboxylic acids is 1. The molecule has 0 bridgehead atoms. The van der Waals surface area contributed by atoms with Gasteiger partial charge in [-0.05, 0) is 20.3 Å². The maximum Gasteiger partial charge on any atom is 0.167 e. The topological polar surface area (TPSA) is 120 Å². The molecule has 2 aliphatic heterocycles. The SMILES string of the molecule is C/C=C\[C@H](C)[C@H]1O[C@]1(C)[C@@H](O)[C@@H](CO)C(=O)[C@@H]1CO[C@](O)(CC)C[C@@H]1O. The second-order valence-electron chi connectivity index (χ2n) is 7.73. The number of hydrogen-bond donors (Lipinski definition) is 4. The van der Waals surface area contributed by atoms with E-state index in [0.717, 1.165) is 0 Å². The molecule has 8 atom stereocenters. The van der Waals surface area contributed by atoms with Gasteiger partial charge in [-0.2, -0.15) is 0 Å². The molecule has 26 heavy (non-hydrogen) atoms. The lowest BCUT2D eigenvalue weighted by molar-refractivity contribution is -0.258. The lowest BCUT2D eigenvalue weighted by Gasteiger charge is -2.39. The first-order valence-corrected chi connectivity index (χ1v) is 9.31. The van der Waals surface area contributed by atoms with Crippen LogP contribution in [0.15, 0.2) is 12.2 Å². The Hall–Kier alpha value is -0.830. The largest absolute Gasteiger partial charge is 0.396 e. The van der Waals surface area contributed by atoms with Gasteiger partial charge in [-0.3, -0.25) is 4.79 Å². The van der Waals surface area contributed by atoms with E-state index in [9.17, 15) is 25.2 Å². The van der Waals surface area contributed by atoms with Crippen molar-refractivity contribution in [3.8, 4) is 0 Å². The fraction of sp³-hybridized carbons (Fsp3) is 0.842. The number of rotatable bonds is 8. The van der Waals surface area contributed by atoms with E-state index in [2.05, 4.69) is 0 Å². The minimum atomic E-state index is -1.44. The Morgan fingerprint density at radius 2 is 2.08 bits per heavy atom. The number of Topliss-reactive ketones (excluding diaryl/α,β-unsaturated/α-hetero) is 1. The summed E-state index contributed by atoms with van der Waals surface area (Å²) in [5.41, 5.74) is -0.924. The van der Waals surface area contributed by atoms with E-state index in [1.165, 1.54) is 0 Å². The first-order chi connectivity index (χ1) is 12.1. The molecule has 2 saturated heterocycles. The number of hydrogen-bond acceptors (Lipinski definition) is 7. The van der Waals surface area contributed by atoms with Crippen molar-refractivity contribution in [1.82, 2.24) is 0 Å². The van der Waals surface area contributed by atoms with Crippen LogP contribution in [0.3, 0.4) is 0 Å². The van der Waals surface area contributed by atoms with Crippen molar-refractivity contribution < 1.29 is 34.7 Å². The Morgan fingerprint density at radius 1 is 1.42 bits per heavy atom. The Morgan fingerprint density at radius 3 is 2.58 bits per heavy atom. The fourth-order valence-corrected chi connectivity index (χ4v) is 3.93. The molecule has 0 aliphatic carbocycles. The highest BCUT2D eigenvalue weighted by molar-refractivity contribution is 5.85. The molecule has 2 heterocycles. The normalized spacial score (nSPS) is 41.0. The third kappa shape index (κ3) is 4.03. The standard InChI is InChI=1S/C19H32O7/c1-5-7-11(3)17-18(4,26-17)16(23)12(9-20)15(22)13-10-25-19(24,6-2)8-14(13)21/h5,7,11-14,16-17,20-21,23-24H,6,8-10H2,1-4H3/b7-5-/t11-,12-,13+,14-,16-,17+,18+,19+/m0/s1. The summed E-state index contributed by atoms with van der Waals surface area (Å²) in [4.78, 5) is 12.8. The van der Waals surface area contributed by atoms with Crippen molar-refractivity contribution in [2.45, 2.75) is 70.2 Å². The van der Waals surface area contributed by atoms with Crippen molar-refractivity contribution >= 4 is 5.78 Å². The molecule has 7 heteroatoms. The third-order valence-corrected chi connectivity index (χ3v) is 5.83. The Kier molecular flexibility index (Phi) is 6.64. The number of allylic oxidation sites excluding steroid dienone is 1. The van der Waals surface area contributed by atoms with E-state index in [-0.39, 0.29) is 25.0 Å². The van der Waals surface area contributed by atoms with Crippen LogP contribution in [-0.4, -0.2) is 69.1 Å². The van der Waals surface area contributed by atoms with Gasteiger partial charge in [0.15, 0.2) is 5.79 Å². The van der Waals surface area contributed by atoms with Gasteiger partial charge in [0.05, 0.1) is 43.4 Å². The number of carbonyl (C=O) groups is 1. The lowest BCUT2D eigenvalue weighted by Crippen LogP contribution is -2.53. The monoisotopic (exact) mass is 372 g/mol. The molecule has 150 valence electrons. The molecule has 2 rings (SSSR count). The predicted octanol–water partition coefficient (Wildman–Crippen LogP) is 0.391. The van der Waals surface area contributed by atoms with Gasteiger partial charge in [-0.15, -0.1) is 0 Å². The summed E-state index contributed by atoms with van der Waals surface area (Å²) >= 11 is 0. The zero-order valence-electron chi connectivity index (χ0n) is 16.0. The quantitative estimate of drug-likeness (QED) is 0.359. The Balaban J connectivity index is 2.07. The summed E-state index contributed by atoms with van der Waals surface area (Å²) in [7, 11) is 0. The van der Waals surface area contributed by atoms with Crippen molar-refractivity contribution in [3.63, 3.8) is 0 Å². The highest BCUT2D eigenvalue weighted by atomic mass is 16.6. The van der Waals surface area contributed by atoms with E-state index in [0.29, 0.717) is 6.42 Å². The fourth-order valence-electron chi connectivity index (χ4n) is 3.93. The Bertz CT molecular complexity index is 536. The van der Waals surface area contributed by atoms with E-state index in [1.54, 1.807) is 13.8 Å². The van der Waals surface area contributed by atoms with Gasteiger partial charge in [0.1, 0.15) is 11.4 Å². The van der Waals surface area contributed by atoms with Crippen LogP contribution in [0, 0.1) is 17.8 Å². The summed E-state index contributed by atoms with van der Waals surface area (Å²) in [6.45, 7) is 6.61. The van der Waals surface area contributed by atoms with Crippen LogP contribution in [-0.2, 0) is 14.3 Å². The van der Waals surface area contributed by atoms with Crippen LogP contribution in [0.25, 0.3) is 0 Å². The highest BCUT2D eigenvalue weighted by Crippen LogP contribution is 2.47. The maximum atomic E-state index is 12.8. The number of ether oxygens (including phenoxy) is 2. The van der Waals surface area contributed by atoms with Gasteiger partial charge < -0.3 is 29.9 Å². The molecule has 0 amide bonds. The van der Waals surface area contributed by atoms with Crippen molar-refractivity contribution in [2.75, 3.05) is 13.2 Å². The van der Waals surface area contributed by atoms with Crippen molar-refractivity contribution in [2.24, 2.45) is 17.8 Å². The molecule has 0 unspecified atom stereocenters. The molecule has 0 aromatic carbocycles. The molecule has 7 nitrogen and oxygen atoms in total. The zero-order valence-corrected chi connectivity index (χ0v) is 16.0. The molecule has 0 radical (unpaired) electrons. The average molecular weight is 372 g/mol. The van der Waals surface area contributed by atoms with Gasteiger partial charge in [-0.1, -0.05) is 26.0 Å². The van der Waals surface area contributed by atoms with Gasteiger partial charge in [0.25, 0.3) is 0 Å². The number of ketones is 1. The van der Waals surface area contributed by atoms with Crippen LogP contribution in [0.1, 0.15) is 40.5 Å². The molecule has 2 aliphatic rings. The van der Waals surface area contributed by atoms with Crippen LogP contribution in [0.2, 0.25) is 0 Å². The lowest BCUT2D eigenvalue weighted by atomic mass is 9.78. The molecule has 4 N–H and O–H groups in total. The molecule has 2 fully saturated rings. The van der Waals surface area contributed by atoms with Gasteiger partial charge >= 0.3 is 0 Å². The van der Waals surface area contributed by atoms with Crippen molar-refractivity contribution in [1.29, 1.82) is 0 Å². The zero-order chi connectivity index (χ0) is 19.7.